The number of aromatic nitrogens is 1. The van der Waals surface area contributed by atoms with E-state index in [0.29, 0.717) is 12.2 Å². The second-order valence-electron chi connectivity index (χ2n) is 8.35. The third-order valence-corrected chi connectivity index (χ3v) is 6.03. The molecule has 0 aliphatic carbocycles. The Bertz CT molecular complexity index is 1130. The highest BCUT2D eigenvalue weighted by Crippen LogP contribution is 2.36. The molecule has 0 amide bonds. The van der Waals surface area contributed by atoms with Gasteiger partial charge >= 0.3 is 5.97 Å². The van der Waals surface area contributed by atoms with Crippen molar-refractivity contribution in [2.24, 2.45) is 0 Å². The quantitative estimate of drug-likeness (QED) is 0.620. The lowest BCUT2D eigenvalue weighted by Crippen LogP contribution is -2.24. The van der Waals surface area contributed by atoms with Gasteiger partial charge in [0.15, 0.2) is 0 Å². The van der Waals surface area contributed by atoms with Crippen molar-refractivity contribution in [1.82, 2.24) is 9.88 Å². The van der Waals surface area contributed by atoms with Crippen LogP contribution in [0.5, 0.6) is 0 Å². The summed E-state index contributed by atoms with van der Waals surface area (Å²) in [5.41, 5.74) is 8.31. The van der Waals surface area contributed by atoms with Gasteiger partial charge in [-0.2, -0.15) is 0 Å². The van der Waals surface area contributed by atoms with Crippen molar-refractivity contribution in [2.75, 3.05) is 37.9 Å². The fourth-order valence-electron chi connectivity index (χ4n) is 4.30. The van der Waals surface area contributed by atoms with E-state index in [0.717, 1.165) is 6.54 Å². The Morgan fingerprint density at radius 3 is 2.74 bits per heavy atom. The van der Waals surface area contributed by atoms with Gasteiger partial charge in [-0.25, -0.2) is 4.79 Å². The van der Waals surface area contributed by atoms with Crippen LogP contribution < -0.4 is 10.2 Å². The second kappa shape index (κ2) is 8.40. The average molecular weight is 417 g/mol. The summed E-state index contributed by atoms with van der Waals surface area (Å²) < 4.78 is 0. The summed E-state index contributed by atoms with van der Waals surface area (Å²) in [6.45, 7) is 3.64. The number of fused-ring (bicyclic) bond motifs is 1. The van der Waals surface area contributed by atoms with E-state index < -0.39 is 5.97 Å². The molecule has 0 saturated heterocycles. The highest BCUT2D eigenvalue weighted by atomic mass is 16.4. The number of hydrogen-bond donors (Lipinski definition) is 2. The van der Waals surface area contributed by atoms with Gasteiger partial charge in [0.05, 0.1) is 23.5 Å². The minimum absolute atomic E-state index is 0.170. The summed E-state index contributed by atoms with van der Waals surface area (Å²) in [4.78, 5) is 19.9. The Balaban J connectivity index is 1.57. The summed E-state index contributed by atoms with van der Waals surface area (Å²) in [7, 11) is 6.21. The Labute approximate surface area is 183 Å². The second-order valence-corrected chi connectivity index (χ2v) is 8.35. The van der Waals surface area contributed by atoms with Gasteiger partial charge in [0.1, 0.15) is 0 Å². The van der Waals surface area contributed by atoms with Crippen LogP contribution in [0.25, 0.3) is 11.1 Å². The smallest absolute Gasteiger partial charge is 0.337 e. The normalized spacial score (nSPS) is 15.5. The summed E-state index contributed by atoms with van der Waals surface area (Å²) in [6.07, 6.45) is 3.07. The first-order valence-corrected chi connectivity index (χ1v) is 10.4. The molecular weight excluding hydrogens is 388 g/mol. The molecule has 1 atom stereocenters. The number of pyridine rings is 1. The van der Waals surface area contributed by atoms with Gasteiger partial charge in [0.2, 0.25) is 0 Å². The lowest BCUT2D eigenvalue weighted by molar-refractivity contribution is 0.0697. The van der Waals surface area contributed by atoms with Gasteiger partial charge in [-0.1, -0.05) is 18.2 Å². The Morgan fingerprint density at radius 2 is 2.03 bits per heavy atom. The van der Waals surface area contributed by atoms with E-state index in [-0.39, 0.29) is 11.6 Å². The molecule has 6 nitrogen and oxygen atoms in total. The zero-order chi connectivity index (χ0) is 22.1. The van der Waals surface area contributed by atoms with Crippen LogP contribution in [-0.4, -0.2) is 48.6 Å². The number of likely N-dealkylation sites (N-methyl/N-ethyl adjacent to an activating group) is 1. The minimum atomic E-state index is -0.953. The molecule has 0 fully saturated rings. The molecule has 3 aromatic rings. The first kappa shape index (κ1) is 20.9. The first-order chi connectivity index (χ1) is 14.8. The van der Waals surface area contributed by atoms with E-state index >= 15 is 0 Å². The van der Waals surface area contributed by atoms with E-state index in [2.05, 4.69) is 84.6 Å². The van der Waals surface area contributed by atoms with Crippen LogP contribution in [0.2, 0.25) is 0 Å². The molecule has 0 radical (unpaired) electrons. The Hall–Kier alpha value is -3.38. The number of carbonyl (C=O) groups is 1. The van der Waals surface area contributed by atoms with Crippen LogP contribution in [0.4, 0.5) is 11.4 Å². The van der Waals surface area contributed by atoms with E-state index in [1.54, 1.807) is 6.20 Å². The number of aromatic carboxylic acids is 1. The van der Waals surface area contributed by atoms with Gasteiger partial charge in [-0.15, -0.1) is 0 Å². The molecule has 1 aliphatic rings. The van der Waals surface area contributed by atoms with Crippen LogP contribution >= 0.6 is 0 Å². The maximum atomic E-state index is 11.5. The molecule has 2 aromatic carbocycles. The molecule has 2 N–H and O–H groups in total. The molecule has 2 heterocycles. The van der Waals surface area contributed by atoms with E-state index in [1.807, 2.05) is 0 Å². The zero-order valence-electron chi connectivity index (χ0n) is 18.4. The molecule has 31 heavy (non-hydrogen) atoms. The van der Waals surface area contributed by atoms with Crippen LogP contribution in [0, 0.1) is 6.92 Å². The van der Waals surface area contributed by atoms with Crippen molar-refractivity contribution in [3.05, 3.63) is 77.1 Å². The van der Waals surface area contributed by atoms with Crippen LogP contribution in [-0.2, 0) is 6.54 Å². The highest BCUT2D eigenvalue weighted by Gasteiger charge is 2.28. The fourth-order valence-corrected chi connectivity index (χ4v) is 4.30. The Kier molecular flexibility index (Phi) is 5.65. The van der Waals surface area contributed by atoms with Crippen molar-refractivity contribution < 1.29 is 9.90 Å². The number of hydrogen-bond acceptors (Lipinski definition) is 5. The molecule has 160 valence electrons. The molecule has 0 saturated carbocycles. The number of nitrogens with zero attached hydrogens (tertiary/aromatic N) is 3. The molecule has 1 aliphatic heterocycles. The number of benzene rings is 2. The topological polar surface area (TPSA) is 68.7 Å². The van der Waals surface area contributed by atoms with Crippen molar-refractivity contribution in [3.8, 4) is 11.1 Å². The van der Waals surface area contributed by atoms with E-state index in [4.69, 9.17) is 0 Å². The molecule has 1 aromatic heterocycles. The highest BCUT2D eigenvalue weighted by molar-refractivity contribution is 5.93. The third kappa shape index (κ3) is 4.11. The predicted molar refractivity (Wildman–Crippen MR) is 125 cm³/mol. The summed E-state index contributed by atoms with van der Waals surface area (Å²) in [5, 5.41) is 12.7. The molecule has 6 heteroatoms. The fraction of sp³-hybridized carbons (Fsp3) is 0.280. The molecular formula is C25H28N4O2. The standard InChI is InChI=1S/C25H28N4O2/c1-16-11-19(28(2)3)6-8-20(16)17-5-7-21-18(12-17)15-29(4)24(21)14-27-23-13-26-10-9-22(23)25(30)31/h5-13,24,27H,14-15H2,1-4H3,(H,30,31). The summed E-state index contributed by atoms with van der Waals surface area (Å²) in [6, 6.07) is 14.9. The SMILES string of the molecule is Cc1cc(N(C)C)ccc1-c1ccc2c(c1)CN(C)C2CNc1cnccc1C(=O)O. The number of rotatable bonds is 6. The number of carboxylic acid groups (broad SMARTS) is 1. The number of aryl methyl sites for hydroxylation is 1. The van der Waals surface area contributed by atoms with E-state index in [1.165, 1.54) is 45.8 Å². The zero-order valence-corrected chi connectivity index (χ0v) is 18.4. The third-order valence-electron chi connectivity index (χ3n) is 6.03. The molecule has 0 bridgehead atoms. The summed E-state index contributed by atoms with van der Waals surface area (Å²) in [5.74, 6) is -0.953. The largest absolute Gasteiger partial charge is 0.478 e. The lowest BCUT2D eigenvalue weighted by atomic mass is 9.95. The number of anilines is 2. The van der Waals surface area contributed by atoms with Gasteiger partial charge in [-0.3, -0.25) is 9.88 Å². The maximum Gasteiger partial charge on any atom is 0.337 e. The monoisotopic (exact) mass is 416 g/mol. The van der Waals surface area contributed by atoms with Crippen LogP contribution in [0.1, 0.15) is 33.1 Å². The van der Waals surface area contributed by atoms with E-state index in [9.17, 15) is 9.90 Å². The van der Waals surface area contributed by atoms with Gasteiger partial charge in [0, 0.05) is 39.1 Å². The number of nitrogens with one attached hydrogen (secondary N) is 1. The number of carboxylic acids is 1. The minimum Gasteiger partial charge on any atom is -0.478 e. The van der Waals surface area contributed by atoms with Gasteiger partial charge in [0.25, 0.3) is 0 Å². The first-order valence-electron chi connectivity index (χ1n) is 10.4. The van der Waals surface area contributed by atoms with Crippen molar-refractivity contribution in [1.29, 1.82) is 0 Å². The molecule has 4 rings (SSSR count). The van der Waals surface area contributed by atoms with Crippen molar-refractivity contribution >= 4 is 17.3 Å². The van der Waals surface area contributed by atoms with Crippen LogP contribution in [0.15, 0.2) is 54.9 Å². The average Bonchev–Trinajstić information content (AvgIpc) is 3.06. The lowest BCUT2D eigenvalue weighted by Gasteiger charge is -2.22. The van der Waals surface area contributed by atoms with Gasteiger partial charge < -0.3 is 15.3 Å². The predicted octanol–water partition coefficient (Wildman–Crippen LogP) is 4.42. The van der Waals surface area contributed by atoms with Crippen molar-refractivity contribution in [3.63, 3.8) is 0 Å². The van der Waals surface area contributed by atoms with Gasteiger partial charge in [-0.05, 0) is 66.1 Å². The van der Waals surface area contributed by atoms with Crippen LogP contribution in [0.3, 0.4) is 0 Å². The molecule has 0 spiro atoms. The summed E-state index contributed by atoms with van der Waals surface area (Å²) >= 11 is 0. The molecule has 1 unspecified atom stereocenters. The Morgan fingerprint density at radius 1 is 1.23 bits per heavy atom. The van der Waals surface area contributed by atoms with Crippen molar-refractivity contribution in [2.45, 2.75) is 19.5 Å². The maximum absolute atomic E-state index is 11.5.